The van der Waals surface area contributed by atoms with Crippen LogP contribution < -0.4 is 5.32 Å². The number of likely N-dealkylation sites (tertiary alicyclic amines) is 1. The van der Waals surface area contributed by atoms with E-state index in [9.17, 15) is 0 Å². The summed E-state index contributed by atoms with van der Waals surface area (Å²) in [6.45, 7) is 13.1. The maximum Gasteiger partial charge on any atom is 0.00940 e. The molecule has 0 spiro atoms. The quantitative estimate of drug-likeness (QED) is 0.735. The summed E-state index contributed by atoms with van der Waals surface area (Å²) in [5.74, 6) is 0.864. The molecule has 0 aromatic heterocycles. The van der Waals surface area contributed by atoms with E-state index in [1.807, 2.05) is 0 Å². The lowest BCUT2D eigenvalue weighted by Gasteiger charge is -2.34. The molecule has 0 aromatic rings. The van der Waals surface area contributed by atoms with Crippen molar-refractivity contribution in [2.45, 2.75) is 71.9 Å². The van der Waals surface area contributed by atoms with E-state index < -0.39 is 0 Å². The van der Waals surface area contributed by atoms with Gasteiger partial charge in [-0.3, -0.25) is 0 Å². The molecule has 0 radical (unpaired) electrons. The summed E-state index contributed by atoms with van der Waals surface area (Å²) >= 11 is 0. The summed E-state index contributed by atoms with van der Waals surface area (Å²) in [7, 11) is 0. The van der Waals surface area contributed by atoms with Crippen LogP contribution in [0.4, 0.5) is 0 Å². The second-order valence-electron chi connectivity index (χ2n) is 5.73. The highest BCUT2D eigenvalue weighted by Crippen LogP contribution is 2.16. The smallest absolute Gasteiger partial charge is 0.00940 e. The van der Waals surface area contributed by atoms with Crippen molar-refractivity contribution in [1.82, 2.24) is 10.2 Å². The van der Waals surface area contributed by atoms with Gasteiger partial charge >= 0.3 is 0 Å². The molecule has 2 unspecified atom stereocenters. The van der Waals surface area contributed by atoms with Gasteiger partial charge in [-0.05, 0) is 51.2 Å². The van der Waals surface area contributed by atoms with Crippen LogP contribution >= 0.6 is 0 Å². The van der Waals surface area contributed by atoms with E-state index in [1.54, 1.807) is 0 Å². The molecule has 1 rings (SSSR count). The highest BCUT2D eigenvalue weighted by atomic mass is 15.1. The Labute approximate surface area is 108 Å². The van der Waals surface area contributed by atoms with Gasteiger partial charge < -0.3 is 10.2 Å². The van der Waals surface area contributed by atoms with Crippen LogP contribution in [0.5, 0.6) is 0 Å². The fraction of sp³-hybridized carbons (Fsp3) is 1.00. The average molecular weight is 240 g/mol. The first kappa shape index (κ1) is 15.0. The fourth-order valence-corrected chi connectivity index (χ4v) is 2.75. The number of hydrogen-bond acceptors (Lipinski definition) is 2. The molecule has 0 saturated carbocycles. The number of nitrogens with zero attached hydrogens (tertiary/aromatic N) is 1. The third kappa shape index (κ3) is 5.39. The monoisotopic (exact) mass is 240 g/mol. The Bertz CT molecular complexity index is 185. The zero-order valence-electron chi connectivity index (χ0n) is 12.3. The lowest BCUT2D eigenvalue weighted by molar-refractivity contribution is 0.193. The van der Waals surface area contributed by atoms with E-state index in [2.05, 4.69) is 37.9 Å². The maximum atomic E-state index is 3.89. The van der Waals surface area contributed by atoms with Gasteiger partial charge in [-0.25, -0.2) is 0 Å². The normalized spacial score (nSPS) is 22.6. The molecule has 1 saturated heterocycles. The number of piperidine rings is 1. The van der Waals surface area contributed by atoms with Crippen LogP contribution in [0.25, 0.3) is 0 Å². The molecular weight excluding hydrogens is 208 g/mol. The molecule has 1 aliphatic rings. The van der Waals surface area contributed by atoms with Gasteiger partial charge in [0, 0.05) is 12.1 Å². The van der Waals surface area contributed by atoms with Crippen molar-refractivity contribution >= 4 is 0 Å². The van der Waals surface area contributed by atoms with E-state index in [1.165, 1.54) is 51.7 Å². The van der Waals surface area contributed by atoms with Crippen LogP contribution in [-0.4, -0.2) is 36.6 Å². The molecule has 1 N–H and O–H groups in total. The predicted molar refractivity (Wildman–Crippen MR) is 76.4 cm³/mol. The molecule has 2 heteroatoms. The molecule has 0 aromatic carbocycles. The van der Waals surface area contributed by atoms with Crippen molar-refractivity contribution < 1.29 is 0 Å². The van der Waals surface area contributed by atoms with Gasteiger partial charge in [-0.15, -0.1) is 0 Å². The van der Waals surface area contributed by atoms with Crippen molar-refractivity contribution in [3.8, 4) is 0 Å². The van der Waals surface area contributed by atoms with Crippen LogP contribution in [0, 0.1) is 5.92 Å². The van der Waals surface area contributed by atoms with Gasteiger partial charge in [0.05, 0.1) is 0 Å². The topological polar surface area (TPSA) is 15.3 Å². The Morgan fingerprint density at radius 2 is 1.76 bits per heavy atom. The van der Waals surface area contributed by atoms with Gasteiger partial charge in [0.2, 0.25) is 0 Å². The van der Waals surface area contributed by atoms with Gasteiger partial charge in [0.1, 0.15) is 0 Å². The summed E-state index contributed by atoms with van der Waals surface area (Å²) in [6.07, 6.45) is 6.61. The summed E-state index contributed by atoms with van der Waals surface area (Å²) in [5, 5.41) is 3.89. The molecule has 17 heavy (non-hydrogen) atoms. The minimum Gasteiger partial charge on any atom is -0.311 e. The van der Waals surface area contributed by atoms with Crippen LogP contribution in [-0.2, 0) is 0 Å². The first-order valence-corrected chi connectivity index (χ1v) is 7.67. The molecule has 1 fully saturated rings. The van der Waals surface area contributed by atoms with Crippen molar-refractivity contribution in [2.24, 2.45) is 5.92 Å². The van der Waals surface area contributed by atoms with Crippen LogP contribution in [0.15, 0.2) is 0 Å². The molecule has 0 aliphatic carbocycles. The first-order valence-electron chi connectivity index (χ1n) is 7.67. The largest absolute Gasteiger partial charge is 0.311 e. The Morgan fingerprint density at radius 3 is 2.24 bits per heavy atom. The van der Waals surface area contributed by atoms with Crippen molar-refractivity contribution in [3.05, 3.63) is 0 Å². The van der Waals surface area contributed by atoms with E-state index >= 15 is 0 Å². The Morgan fingerprint density at radius 1 is 1.12 bits per heavy atom. The predicted octanol–water partition coefficient (Wildman–Crippen LogP) is 3.28. The Balaban J connectivity index is 2.26. The van der Waals surface area contributed by atoms with Crippen molar-refractivity contribution in [2.75, 3.05) is 19.6 Å². The third-order valence-electron chi connectivity index (χ3n) is 4.38. The third-order valence-corrected chi connectivity index (χ3v) is 4.38. The summed E-state index contributed by atoms with van der Waals surface area (Å²) in [6, 6.07) is 1.51. The number of hydrogen-bond donors (Lipinski definition) is 1. The summed E-state index contributed by atoms with van der Waals surface area (Å²) in [4.78, 5) is 2.56. The van der Waals surface area contributed by atoms with Gasteiger partial charge in [-0.2, -0.15) is 0 Å². The molecular formula is C15H32N2. The maximum absolute atomic E-state index is 3.89. The zero-order valence-corrected chi connectivity index (χ0v) is 12.3. The van der Waals surface area contributed by atoms with E-state index in [0.717, 1.165) is 18.0 Å². The van der Waals surface area contributed by atoms with Gasteiger partial charge in [0.25, 0.3) is 0 Å². The van der Waals surface area contributed by atoms with Crippen LogP contribution in [0.3, 0.4) is 0 Å². The van der Waals surface area contributed by atoms with Gasteiger partial charge in [0.15, 0.2) is 0 Å². The van der Waals surface area contributed by atoms with Crippen molar-refractivity contribution in [1.29, 1.82) is 0 Å². The zero-order chi connectivity index (χ0) is 12.7. The second-order valence-corrected chi connectivity index (χ2v) is 5.73. The minimum absolute atomic E-state index is 0.739. The highest BCUT2D eigenvalue weighted by Gasteiger charge is 2.20. The lowest BCUT2D eigenvalue weighted by atomic mass is 9.95. The number of nitrogens with one attached hydrogen (secondary N) is 1. The number of rotatable bonds is 7. The van der Waals surface area contributed by atoms with Gasteiger partial charge in [-0.1, -0.05) is 34.1 Å². The summed E-state index contributed by atoms with van der Waals surface area (Å²) < 4.78 is 0. The van der Waals surface area contributed by atoms with Crippen molar-refractivity contribution in [3.63, 3.8) is 0 Å². The molecule has 2 atom stereocenters. The van der Waals surface area contributed by atoms with E-state index in [0.29, 0.717) is 0 Å². The minimum atomic E-state index is 0.739. The van der Waals surface area contributed by atoms with Crippen LogP contribution in [0.2, 0.25) is 0 Å². The molecule has 0 bridgehead atoms. The standard InChI is InChI=1S/C15H32N2/c1-5-13(4)12-14(6-2)16-15-8-10-17(7-3)11-9-15/h13-16H,5-12H2,1-4H3. The second kappa shape index (κ2) is 8.10. The highest BCUT2D eigenvalue weighted by molar-refractivity contribution is 4.80. The SMILES string of the molecule is CCC(C)CC(CC)NC1CCN(CC)CC1. The average Bonchev–Trinajstić information content (AvgIpc) is 2.38. The van der Waals surface area contributed by atoms with E-state index in [4.69, 9.17) is 0 Å². The first-order chi connectivity index (χ1) is 8.19. The molecule has 102 valence electrons. The lowest BCUT2D eigenvalue weighted by Crippen LogP contribution is -2.46. The molecule has 1 aliphatic heterocycles. The van der Waals surface area contributed by atoms with E-state index in [-0.39, 0.29) is 0 Å². The summed E-state index contributed by atoms with van der Waals surface area (Å²) in [5.41, 5.74) is 0. The Kier molecular flexibility index (Phi) is 7.14. The Hall–Kier alpha value is -0.0800. The fourth-order valence-electron chi connectivity index (χ4n) is 2.75. The molecule has 0 amide bonds. The molecule has 1 heterocycles. The van der Waals surface area contributed by atoms with Crippen LogP contribution in [0.1, 0.15) is 59.8 Å². The molecule has 2 nitrogen and oxygen atoms in total.